The Morgan fingerprint density at radius 1 is 0.963 bits per heavy atom. The van der Waals surface area contributed by atoms with Crippen LogP contribution in [0.1, 0.15) is 54.3 Å². The third-order valence-electron chi connectivity index (χ3n) is 5.39. The summed E-state index contributed by atoms with van der Waals surface area (Å²) < 4.78 is 1.93. The lowest BCUT2D eigenvalue weighted by Gasteiger charge is -2.27. The van der Waals surface area contributed by atoms with Gasteiger partial charge in [0.25, 0.3) is 0 Å². The molecule has 1 heterocycles. The van der Waals surface area contributed by atoms with Gasteiger partial charge in [-0.2, -0.15) is 0 Å². The van der Waals surface area contributed by atoms with Crippen molar-refractivity contribution in [2.24, 2.45) is 0 Å². The summed E-state index contributed by atoms with van der Waals surface area (Å²) in [5.41, 5.74) is 3.75. The molecular weight excluding hydrogens is 443 g/mol. The molecule has 1 fully saturated rings. The molecule has 3 unspecified atom stereocenters. The molecule has 1 aromatic heterocycles. The van der Waals surface area contributed by atoms with Crippen LogP contribution in [-0.4, -0.2) is 14.4 Å². The molecule has 2 aromatic carbocycles. The zero-order valence-electron chi connectivity index (χ0n) is 14.9. The van der Waals surface area contributed by atoms with Crippen molar-refractivity contribution in [3.63, 3.8) is 0 Å². The molecule has 1 saturated carbocycles. The van der Waals surface area contributed by atoms with Gasteiger partial charge in [-0.1, -0.05) is 88.5 Å². The Morgan fingerprint density at radius 3 is 2.30 bits per heavy atom. The van der Waals surface area contributed by atoms with E-state index < -0.39 is 0 Å². The van der Waals surface area contributed by atoms with Crippen LogP contribution in [0.2, 0.25) is 10.4 Å². The number of nitrogens with zero attached hydrogens (tertiary/aromatic N) is 2. The molecule has 1 aliphatic rings. The average molecular weight is 464 g/mol. The fourth-order valence-electron chi connectivity index (χ4n) is 4.06. The molecule has 140 valence electrons. The number of imidazole rings is 1. The molecule has 3 atom stereocenters. The zero-order chi connectivity index (χ0) is 18.8. The minimum absolute atomic E-state index is 0.0528. The van der Waals surface area contributed by atoms with E-state index in [2.05, 4.69) is 57.3 Å². The second kappa shape index (κ2) is 8.38. The predicted molar refractivity (Wildman–Crippen MR) is 116 cm³/mol. The van der Waals surface area contributed by atoms with Crippen LogP contribution < -0.4 is 0 Å². The maximum absolute atomic E-state index is 6.37. The number of halogens is 3. The molecule has 27 heavy (non-hydrogen) atoms. The number of alkyl halides is 1. The van der Waals surface area contributed by atoms with Gasteiger partial charge in [-0.15, -0.1) is 0 Å². The summed E-state index contributed by atoms with van der Waals surface area (Å²) in [6.07, 6.45) is 6.85. The van der Waals surface area contributed by atoms with Gasteiger partial charge in [-0.05, 0) is 53.5 Å². The summed E-state index contributed by atoms with van der Waals surface area (Å²) in [4.78, 5) is 4.81. The van der Waals surface area contributed by atoms with Crippen molar-refractivity contribution in [2.45, 2.75) is 42.5 Å². The number of aromatic nitrogens is 2. The lowest BCUT2D eigenvalue weighted by Crippen LogP contribution is -2.14. The van der Waals surface area contributed by atoms with Crippen LogP contribution in [0.25, 0.3) is 0 Å². The third kappa shape index (κ3) is 4.26. The Labute approximate surface area is 178 Å². The number of benzene rings is 2. The van der Waals surface area contributed by atoms with Gasteiger partial charge in [0.1, 0.15) is 5.15 Å². The van der Waals surface area contributed by atoms with Gasteiger partial charge in [0, 0.05) is 11.0 Å². The lowest BCUT2D eigenvalue weighted by molar-refractivity contribution is 0.458. The van der Waals surface area contributed by atoms with Gasteiger partial charge in [-0.3, -0.25) is 0 Å². The minimum atomic E-state index is -0.0528. The van der Waals surface area contributed by atoms with E-state index in [0.717, 1.165) is 5.56 Å². The Balaban J connectivity index is 1.69. The van der Waals surface area contributed by atoms with Crippen molar-refractivity contribution in [2.75, 3.05) is 0 Å². The van der Waals surface area contributed by atoms with E-state index in [9.17, 15) is 0 Å². The maximum atomic E-state index is 6.37. The molecule has 0 spiro atoms. The molecule has 0 radical (unpaired) electrons. The second-order valence-corrected chi connectivity index (χ2v) is 9.20. The Morgan fingerprint density at radius 2 is 1.67 bits per heavy atom. The highest BCUT2D eigenvalue weighted by Crippen LogP contribution is 2.37. The first-order valence-electron chi connectivity index (χ1n) is 9.30. The molecule has 5 heteroatoms. The molecule has 0 bridgehead atoms. The summed E-state index contributed by atoms with van der Waals surface area (Å²) in [5, 5.41) is 0.801. The van der Waals surface area contributed by atoms with Crippen molar-refractivity contribution >= 4 is 39.1 Å². The quantitative estimate of drug-likeness (QED) is 0.372. The fourth-order valence-corrected chi connectivity index (χ4v) is 5.30. The van der Waals surface area contributed by atoms with Crippen molar-refractivity contribution in [1.29, 1.82) is 0 Å². The van der Waals surface area contributed by atoms with E-state index in [1.807, 2.05) is 22.8 Å². The normalized spacial score (nSPS) is 21.1. The van der Waals surface area contributed by atoms with E-state index in [1.54, 1.807) is 6.20 Å². The van der Waals surface area contributed by atoms with E-state index in [0.29, 0.717) is 21.2 Å². The van der Waals surface area contributed by atoms with E-state index in [-0.39, 0.29) is 6.04 Å². The molecule has 2 nitrogen and oxygen atoms in total. The van der Waals surface area contributed by atoms with Gasteiger partial charge < -0.3 is 4.57 Å². The van der Waals surface area contributed by atoms with Crippen molar-refractivity contribution in [1.82, 2.24) is 9.55 Å². The summed E-state index contributed by atoms with van der Waals surface area (Å²) >= 11 is 16.3. The van der Waals surface area contributed by atoms with Gasteiger partial charge in [0.05, 0.1) is 6.04 Å². The summed E-state index contributed by atoms with van der Waals surface area (Å²) in [6.45, 7) is 0. The lowest BCUT2D eigenvalue weighted by atomic mass is 9.83. The monoisotopic (exact) mass is 462 g/mol. The first kappa shape index (κ1) is 19.0. The number of rotatable bonds is 4. The average Bonchev–Trinajstić information content (AvgIpc) is 3.01. The molecule has 4 rings (SSSR count). The first-order chi connectivity index (χ1) is 13.1. The molecule has 0 amide bonds. The van der Waals surface area contributed by atoms with Crippen molar-refractivity contribution in [3.05, 3.63) is 87.9 Å². The SMILES string of the molecule is Clc1cn(C(c2ccccc2)c2ccc(C3CCCC(Br)C3)cc2)c(Cl)n1. The largest absolute Gasteiger partial charge is 0.309 e. The zero-order valence-corrected chi connectivity index (χ0v) is 18.0. The van der Waals surface area contributed by atoms with E-state index in [4.69, 9.17) is 23.2 Å². The number of hydrogen-bond acceptors (Lipinski definition) is 1. The molecule has 0 N–H and O–H groups in total. The van der Waals surface area contributed by atoms with Crippen LogP contribution in [0.15, 0.2) is 60.8 Å². The van der Waals surface area contributed by atoms with Crippen molar-refractivity contribution in [3.8, 4) is 0 Å². The van der Waals surface area contributed by atoms with Crippen LogP contribution in [0.3, 0.4) is 0 Å². The summed E-state index contributed by atoms with van der Waals surface area (Å²) in [7, 11) is 0. The molecule has 0 saturated heterocycles. The maximum Gasteiger partial charge on any atom is 0.205 e. The van der Waals surface area contributed by atoms with E-state index in [1.165, 1.54) is 36.8 Å². The molecule has 0 aliphatic heterocycles. The number of hydrogen-bond donors (Lipinski definition) is 0. The highest BCUT2D eigenvalue weighted by molar-refractivity contribution is 9.09. The van der Waals surface area contributed by atoms with Gasteiger partial charge in [0.15, 0.2) is 0 Å². The predicted octanol–water partition coefficient (Wildman–Crippen LogP) is 7.25. The second-order valence-electron chi connectivity index (χ2n) is 7.18. The molecular formula is C22H21BrCl2N2. The topological polar surface area (TPSA) is 17.8 Å². The Hall–Kier alpha value is -1.29. The van der Waals surface area contributed by atoms with Gasteiger partial charge in [0.2, 0.25) is 5.28 Å². The highest BCUT2D eigenvalue weighted by Gasteiger charge is 2.23. The van der Waals surface area contributed by atoms with Crippen molar-refractivity contribution < 1.29 is 0 Å². The Kier molecular flexibility index (Phi) is 5.91. The van der Waals surface area contributed by atoms with Crippen LogP contribution in [0, 0.1) is 0 Å². The molecule has 1 aliphatic carbocycles. The smallest absolute Gasteiger partial charge is 0.205 e. The van der Waals surface area contributed by atoms with Crippen LogP contribution >= 0.6 is 39.1 Å². The minimum Gasteiger partial charge on any atom is -0.309 e. The fraction of sp³-hybridized carbons (Fsp3) is 0.318. The van der Waals surface area contributed by atoms with Gasteiger partial charge >= 0.3 is 0 Å². The summed E-state index contributed by atoms with van der Waals surface area (Å²) in [5.74, 6) is 0.638. The summed E-state index contributed by atoms with van der Waals surface area (Å²) in [6, 6.07) is 19.3. The first-order valence-corrected chi connectivity index (χ1v) is 11.0. The Bertz CT molecular complexity index is 892. The van der Waals surface area contributed by atoms with Gasteiger partial charge in [-0.25, -0.2) is 4.98 Å². The van der Waals surface area contributed by atoms with E-state index >= 15 is 0 Å². The van der Waals surface area contributed by atoms with Crippen LogP contribution in [-0.2, 0) is 0 Å². The van der Waals surface area contributed by atoms with Crippen LogP contribution in [0.4, 0.5) is 0 Å². The third-order valence-corrected chi connectivity index (χ3v) is 6.68. The van der Waals surface area contributed by atoms with Crippen LogP contribution in [0.5, 0.6) is 0 Å². The highest BCUT2D eigenvalue weighted by atomic mass is 79.9. The standard InChI is InChI=1S/C22H21BrCl2N2/c23-19-8-4-7-18(13-19)15-9-11-17(12-10-15)21(16-5-2-1-3-6-16)27-14-20(24)26-22(27)25/h1-3,5-6,9-12,14,18-19,21H,4,7-8,13H2. The molecule has 3 aromatic rings.